The fourth-order valence-corrected chi connectivity index (χ4v) is 1.98. The summed E-state index contributed by atoms with van der Waals surface area (Å²) < 4.78 is 5.73. The molecule has 4 nitrogen and oxygen atoms in total. The molecular weight excluding hydrogens is 312 g/mol. The van der Waals surface area contributed by atoms with Gasteiger partial charge >= 0.3 is 0 Å². The Labute approximate surface area is 143 Å². The number of hydrogen-bond acceptors (Lipinski definition) is 3. The van der Waals surface area contributed by atoms with Crippen molar-refractivity contribution in [3.8, 4) is 5.75 Å². The van der Waals surface area contributed by atoms with Crippen LogP contribution in [0, 0.1) is 0 Å². The number of ether oxygens (including phenoxy) is 1. The molecule has 3 N–H and O–H groups in total. The third-order valence-electron chi connectivity index (χ3n) is 3.30. The smallest absolute Gasteiger partial charge is 0.236 e. The molecule has 0 radical (unpaired) electrons. The summed E-state index contributed by atoms with van der Waals surface area (Å²) in [6, 6.07) is 17.5. The van der Waals surface area contributed by atoms with Crippen molar-refractivity contribution in [1.82, 2.24) is 5.32 Å². The Bertz CT molecular complexity index is 586. The van der Waals surface area contributed by atoms with Crippen LogP contribution in [0.15, 0.2) is 54.6 Å². The van der Waals surface area contributed by atoms with Gasteiger partial charge in [0.2, 0.25) is 5.91 Å². The zero-order valence-corrected chi connectivity index (χ0v) is 14.0. The van der Waals surface area contributed by atoms with Crippen molar-refractivity contribution in [2.75, 3.05) is 6.54 Å². The highest BCUT2D eigenvalue weighted by atomic mass is 35.5. The molecule has 0 saturated heterocycles. The lowest BCUT2D eigenvalue weighted by molar-refractivity contribution is -0.121. The van der Waals surface area contributed by atoms with Crippen LogP contribution in [0.25, 0.3) is 0 Å². The molecule has 2 aromatic carbocycles. The van der Waals surface area contributed by atoms with Crippen molar-refractivity contribution in [1.29, 1.82) is 0 Å². The largest absolute Gasteiger partial charge is 0.489 e. The molecule has 0 aliphatic carbocycles. The van der Waals surface area contributed by atoms with Gasteiger partial charge in [-0.3, -0.25) is 4.79 Å². The molecule has 0 aliphatic rings. The van der Waals surface area contributed by atoms with E-state index in [4.69, 9.17) is 10.5 Å². The number of amides is 1. The molecule has 0 unspecified atom stereocenters. The number of hydrogen-bond donors (Lipinski definition) is 2. The van der Waals surface area contributed by atoms with Crippen LogP contribution in [-0.2, 0) is 17.8 Å². The molecule has 124 valence electrons. The first-order valence-corrected chi connectivity index (χ1v) is 7.44. The third kappa shape index (κ3) is 6.72. The summed E-state index contributed by atoms with van der Waals surface area (Å²) >= 11 is 0. The van der Waals surface area contributed by atoms with E-state index >= 15 is 0 Å². The van der Waals surface area contributed by atoms with Crippen LogP contribution in [0.4, 0.5) is 0 Å². The molecule has 0 saturated carbocycles. The highest BCUT2D eigenvalue weighted by molar-refractivity contribution is 5.85. The highest BCUT2D eigenvalue weighted by Crippen LogP contribution is 2.14. The second-order valence-corrected chi connectivity index (χ2v) is 5.25. The third-order valence-corrected chi connectivity index (χ3v) is 3.30. The fraction of sp³-hybridized carbons (Fsp3) is 0.278. The molecule has 1 atom stereocenters. The van der Waals surface area contributed by atoms with Crippen LogP contribution in [0.5, 0.6) is 5.75 Å². The summed E-state index contributed by atoms with van der Waals surface area (Å²) in [5.74, 6) is 0.718. The van der Waals surface area contributed by atoms with Crippen LogP contribution >= 0.6 is 12.4 Å². The molecule has 0 bridgehead atoms. The van der Waals surface area contributed by atoms with Gasteiger partial charge < -0.3 is 15.8 Å². The van der Waals surface area contributed by atoms with Gasteiger partial charge in [-0.25, -0.2) is 0 Å². The van der Waals surface area contributed by atoms with Gasteiger partial charge in [-0.15, -0.1) is 12.4 Å². The van der Waals surface area contributed by atoms with Crippen molar-refractivity contribution in [2.24, 2.45) is 5.73 Å². The van der Waals surface area contributed by atoms with E-state index in [2.05, 4.69) is 5.32 Å². The Kier molecular flexibility index (Phi) is 8.16. The highest BCUT2D eigenvalue weighted by Gasteiger charge is 2.05. The second kappa shape index (κ2) is 9.87. The van der Waals surface area contributed by atoms with Gasteiger partial charge in [0.1, 0.15) is 12.4 Å². The van der Waals surface area contributed by atoms with Gasteiger partial charge in [0.15, 0.2) is 0 Å². The summed E-state index contributed by atoms with van der Waals surface area (Å²) in [7, 11) is 0. The number of carbonyl (C=O) groups excluding carboxylic acids is 1. The van der Waals surface area contributed by atoms with E-state index in [9.17, 15) is 4.79 Å². The van der Waals surface area contributed by atoms with E-state index in [1.54, 1.807) is 6.92 Å². The predicted molar refractivity (Wildman–Crippen MR) is 94.8 cm³/mol. The molecule has 2 rings (SSSR count). The van der Waals surface area contributed by atoms with Crippen molar-refractivity contribution in [3.05, 3.63) is 65.7 Å². The lowest BCUT2D eigenvalue weighted by atomic mass is 10.1. The summed E-state index contributed by atoms with van der Waals surface area (Å²) in [4.78, 5) is 11.4. The van der Waals surface area contributed by atoms with Crippen LogP contribution in [0.1, 0.15) is 18.1 Å². The number of nitrogens with two attached hydrogens (primary N) is 1. The van der Waals surface area contributed by atoms with Gasteiger partial charge in [0.25, 0.3) is 0 Å². The van der Waals surface area contributed by atoms with E-state index in [0.717, 1.165) is 23.3 Å². The standard InChI is InChI=1S/C18H22N2O2.ClH/c1-14(19)18(21)20-12-11-15-7-9-17(10-8-15)22-13-16-5-3-2-4-6-16;/h2-10,14H,11-13,19H2,1H3,(H,20,21);1H/t14-;/m1./s1. The minimum Gasteiger partial charge on any atom is -0.489 e. The molecule has 5 heteroatoms. The Balaban J connectivity index is 0.00000264. The summed E-state index contributed by atoms with van der Waals surface area (Å²) in [6.45, 7) is 2.82. The zero-order valence-electron chi connectivity index (χ0n) is 13.2. The maximum atomic E-state index is 11.4. The van der Waals surface area contributed by atoms with Crippen molar-refractivity contribution >= 4 is 18.3 Å². The molecule has 0 heterocycles. The Morgan fingerprint density at radius 3 is 2.35 bits per heavy atom. The van der Waals surface area contributed by atoms with Crippen LogP contribution in [0.2, 0.25) is 0 Å². The molecule has 1 amide bonds. The lowest BCUT2D eigenvalue weighted by Crippen LogP contribution is -2.39. The molecule has 0 fully saturated rings. The van der Waals surface area contributed by atoms with Gasteiger partial charge in [-0.1, -0.05) is 42.5 Å². The summed E-state index contributed by atoms with van der Waals surface area (Å²) in [5, 5.41) is 2.80. The number of carbonyl (C=O) groups is 1. The Morgan fingerprint density at radius 1 is 1.09 bits per heavy atom. The average Bonchev–Trinajstić information content (AvgIpc) is 2.55. The average molecular weight is 335 g/mol. The molecule has 0 aliphatic heterocycles. The Hall–Kier alpha value is -2.04. The quantitative estimate of drug-likeness (QED) is 0.818. The minimum atomic E-state index is -0.464. The molecule has 0 spiro atoms. The monoisotopic (exact) mass is 334 g/mol. The zero-order chi connectivity index (χ0) is 15.8. The number of nitrogens with one attached hydrogen (secondary N) is 1. The molecular formula is C18H23ClN2O2. The first kappa shape index (κ1) is 19.0. The van der Waals surface area contributed by atoms with Crippen LogP contribution in [-0.4, -0.2) is 18.5 Å². The summed E-state index contributed by atoms with van der Waals surface area (Å²) in [5.41, 5.74) is 7.78. The normalized spacial score (nSPS) is 11.2. The SMILES string of the molecule is C[C@@H](N)C(=O)NCCc1ccc(OCc2ccccc2)cc1.Cl. The first-order chi connectivity index (χ1) is 10.6. The maximum Gasteiger partial charge on any atom is 0.236 e. The summed E-state index contributed by atoms with van der Waals surface area (Å²) in [6.07, 6.45) is 0.775. The van der Waals surface area contributed by atoms with Gasteiger partial charge in [-0.05, 0) is 36.6 Å². The van der Waals surface area contributed by atoms with Crippen molar-refractivity contribution < 1.29 is 9.53 Å². The second-order valence-electron chi connectivity index (χ2n) is 5.25. The number of benzene rings is 2. The number of rotatable bonds is 7. The minimum absolute atomic E-state index is 0. The maximum absolute atomic E-state index is 11.4. The van der Waals surface area contributed by atoms with Gasteiger partial charge in [0.05, 0.1) is 6.04 Å². The topological polar surface area (TPSA) is 64.4 Å². The van der Waals surface area contributed by atoms with E-state index in [1.165, 1.54) is 0 Å². The van der Waals surface area contributed by atoms with Gasteiger partial charge in [0, 0.05) is 6.54 Å². The molecule has 2 aromatic rings. The Morgan fingerprint density at radius 2 is 1.74 bits per heavy atom. The van der Waals surface area contributed by atoms with Crippen LogP contribution < -0.4 is 15.8 Å². The predicted octanol–water partition coefficient (Wildman–Crippen LogP) is 2.69. The lowest BCUT2D eigenvalue weighted by Gasteiger charge is -2.09. The van der Waals surface area contributed by atoms with Crippen molar-refractivity contribution in [3.63, 3.8) is 0 Å². The van der Waals surface area contributed by atoms with Crippen LogP contribution in [0.3, 0.4) is 0 Å². The van der Waals surface area contributed by atoms with Crippen molar-refractivity contribution in [2.45, 2.75) is 26.0 Å². The van der Waals surface area contributed by atoms with E-state index < -0.39 is 6.04 Å². The molecule has 0 aromatic heterocycles. The van der Waals surface area contributed by atoms with E-state index in [1.807, 2.05) is 54.6 Å². The number of halogens is 1. The van der Waals surface area contributed by atoms with Gasteiger partial charge in [-0.2, -0.15) is 0 Å². The van der Waals surface area contributed by atoms with E-state index in [-0.39, 0.29) is 18.3 Å². The fourth-order valence-electron chi connectivity index (χ4n) is 1.98. The van der Waals surface area contributed by atoms with E-state index in [0.29, 0.717) is 13.2 Å². The first-order valence-electron chi connectivity index (χ1n) is 7.44. The molecule has 23 heavy (non-hydrogen) atoms.